The Kier molecular flexibility index (Phi) is 3.25. The molecule has 4 nitrogen and oxygen atoms in total. The molecule has 0 aliphatic heterocycles. The summed E-state index contributed by atoms with van der Waals surface area (Å²) in [6.45, 7) is 0.476. The molecule has 0 aliphatic rings. The second kappa shape index (κ2) is 4.50. The molecular weight excluding hydrogens is 343 g/mol. The standard InChI is InChI=1S/C9H7Br2FN4/c10-6-3-5(1-2-7(6)12)4-16-8(11)14-9(13)15-16/h1-3H,4H2,(H2,13,15). The lowest BCUT2D eigenvalue weighted by Crippen LogP contribution is -2.03. The highest BCUT2D eigenvalue weighted by molar-refractivity contribution is 9.10. The molecule has 0 spiro atoms. The second-order valence-corrected chi connectivity index (χ2v) is 4.71. The molecule has 0 radical (unpaired) electrons. The number of nitrogen functional groups attached to an aromatic ring is 1. The van der Waals surface area contributed by atoms with Gasteiger partial charge in [0.2, 0.25) is 5.95 Å². The van der Waals surface area contributed by atoms with Gasteiger partial charge < -0.3 is 5.73 Å². The van der Waals surface area contributed by atoms with Crippen LogP contribution in [0.3, 0.4) is 0 Å². The molecule has 0 fully saturated rings. The van der Waals surface area contributed by atoms with Crippen LogP contribution in [0.1, 0.15) is 5.56 Å². The van der Waals surface area contributed by atoms with Crippen molar-refractivity contribution in [3.05, 3.63) is 38.8 Å². The average molecular weight is 350 g/mol. The van der Waals surface area contributed by atoms with Crippen LogP contribution < -0.4 is 5.73 Å². The number of nitrogens with two attached hydrogens (primary N) is 1. The van der Waals surface area contributed by atoms with Crippen molar-refractivity contribution < 1.29 is 4.39 Å². The Hall–Kier alpha value is -0.950. The Morgan fingerprint density at radius 1 is 1.38 bits per heavy atom. The molecule has 1 aromatic carbocycles. The van der Waals surface area contributed by atoms with Crippen molar-refractivity contribution in [2.24, 2.45) is 0 Å². The van der Waals surface area contributed by atoms with Crippen molar-refractivity contribution in [1.82, 2.24) is 14.8 Å². The first kappa shape index (κ1) is 11.5. The van der Waals surface area contributed by atoms with Gasteiger partial charge in [0, 0.05) is 0 Å². The van der Waals surface area contributed by atoms with E-state index in [1.165, 1.54) is 6.07 Å². The lowest BCUT2D eigenvalue weighted by molar-refractivity contribution is 0.616. The molecule has 0 amide bonds. The highest BCUT2D eigenvalue weighted by Crippen LogP contribution is 2.18. The van der Waals surface area contributed by atoms with Gasteiger partial charge in [-0.05, 0) is 49.6 Å². The fourth-order valence-electron chi connectivity index (χ4n) is 1.25. The van der Waals surface area contributed by atoms with Crippen LogP contribution in [0.15, 0.2) is 27.4 Å². The first-order valence-corrected chi connectivity index (χ1v) is 5.94. The quantitative estimate of drug-likeness (QED) is 0.906. The molecule has 0 aliphatic carbocycles. The first-order valence-electron chi connectivity index (χ1n) is 4.36. The van der Waals surface area contributed by atoms with Gasteiger partial charge in [0.1, 0.15) is 5.82 Å². The lowest BCUT2D eigenvalue weighted by atomic mass is 10.2. The molecule has 1 aromatic heterocycles. The summed E-state index contributed by atoms with van der Waals surface area (Å²) in [5, 5.41) is 3.98. The van der Waals surface area contributed by atoms with E-state index < -0.39 is 0 Å². The Morgan fingerprint density at radius 2 is 2.12 bits per heavy atom. The molecule has 84 valence electrons. The van der Waals surface area contributed by atoms with Gasteiger partial charge in [-0.25, -0.2) is 9.07 Å². The summed E-state index contributed by atoms with van der Waals surface area (Å²) >= 11 is 6.36. The number of anilines is 1. The maximum Gasteiger partial charge on any atom is 0.240 e. The summed E-state index contributed by atoms with van der Waals surface area (Å²) in [4.78, 5) is 3.91. The Labute approximate surface area is 108 Å². The fraction of sp³-hybridized carbons (Fsp3) is 0.111. The summed E-state index contributed by atoms with van der Waals surface area (Å²) in [5.74, 6) is -0.0889. The van der Waals surface area contributed by atoms with E-state index in [1.54, 1.807) is 16.8 Å². The Morgan fingerprint density at radius 3 is 2.69 bits per heavy atom. The smallest absolute Gasteiger partial charge is 0.240 e. The third kappa shape index (κ3) is 2.41. The molecule has 0 bridgehead atoms. The minimum Gasteiger partial charge on any atom is -0.366 e. The molecule has 0 saturated carbocycles. The van der Waals surface area contributed by atoms with Gasteiger partial charge in [-0.3, -0.25) is 0 Å². The summed E-state index contributed by atoms with van der Waals surface area (Å²) in [6, 6.07) is 4.78. The molecule has 0 unspecified atom stereocenters. The van der Waals surface area contributed by atoms with Crippen LogP contribution in [0.4, 0.5) is 10.3 Å². The summed E-state index contributed by atoms with van der Waals surface area (Å²) in [6.07, 6.45) is 0. The van der Waals surface area contributed by atoms with E-state index in [1.807, 2.05) is 0 Å². The monoisotopic (exact) mass is 348 g/mol. The molecule has 1 heterocycles. The van der Waals surface area contributed by atoms with Crippen molar-refractivity contribution in [1.29, 1.82) is 0 Å². The fourth-order valence-corrected chi connectivity index (χ4v) is 2.06. The molecule has 2 N–H and O–H groups in total. The van der Waals surface area contributed by atoms with Crippen LogP contribution in [0.25, 0.3) is 0 Å². The van der Waals surface area contributed by atoms with E-state index >= 15 is 0 Å². The topological polar surface area (TPSA) is 56.7 Å². The van der Waals surface area contributed by atoms with Crippen LogP contribution >= 0.6 is 31.9 Å². The number of halogens is 3. The molecule has 16 heavy (non-hydrogen) atoms. The van der Waals surface area contributed by atoms with Gasteiger partial charge in [-0.1, -0.05) is 6.07 Å². The Bertz CT molecular complexity index is 526. The number of benzene rings is 1. The van der Waals surface area contributed by atoms with Crippen LogP contribution in [0, 0.1) is 5.82 Å². The molecule has 2 aromatic rings. The van der Waals surface area contributed by atoms with Crippen molar-refractivity contribution in [2.45, 2.75) is 6.54 Å². The zero-order valence-corrected chi connectivity index (χ0v) is 11.2. The largest absolute Gasteiger partial charge is 0.366 e. The molecule has 2 rings (SSSR count). The van der Waals surface area contributed by atoms with E-state index in [-0.39, 0.29) is 11.8 Å². The average Bonchev–Trinajstić information content (AvgIpc) is 2.51. The van der Waals surface area contributed by atoms with E-state index in [2.05, 4.69) is 41.9 Å². The number of hydrogen-bond donors (Lipinski definition) is 1. The highest BCUT2D eigenvalue weighted by Gasteiger charge is 2.06. The third-order valence-corrected chi connectivity index (χ3v) is 3.15. The third-order valence-electron chi connectivity index (χ3n) is 1.96. The van der Waals surface area contributed by atoms with E-state index in [0.717, 1.165) is 5.56 Å². The van der Waals surface area contributed by atoms with Crippen LogP contribution in [-0.2, 0) is 6.54 Å². The number of rotatable bonds is 2. The van der Waals surface area contributed by atoms with Crippen LogP contribution in [0.2, 0.25) is 0 Å². The SMILES string of the molecule is Nc1nc(Br)n(Cc2ccc(F)c(Br)c2)n1. The number of hydrogen-bond acceptors (Lipinski definition) is 3. The number of nitrogens with zero attached hydrogens (tertiary/aromatic N) is 3. The van der Waals surface area contributed by atoms with E-state index in [0.29, 0.717) is 15.8 Å². The number of aromatic nitrogens is 3. The van der Waals surface area contributed by atoms with Gasteiger partial charge in [-0.2, -0.15) is 4.98 Å². The summed E-state index contributed by atoms with van der Waals surface area (Å²) < 4.78 is 15.6. The highest BCUT2D eigenvalue weighted by atomic mass is 79.9. The van der Waals surface area contributed by atoms with Crippen LogP contribution in [-0.4, -0.2) is 14.8 Å². The molecule has 7 heteroatoms. The first-order chi connectivity index (χ1) is 7.56. The van der Waals surface area contributed by atoms with E-state index in [4.69, 9.17) is 5.73 Å². The summed E-state index contributed by atoms with van der Waals surface area (Å²) in [7, 11) is 0. The Balaban J connectivity index is 2.27. The van der Waals surface area contributed by atoms with Gasteiger partial charge in [0.05, 0.1) is 11.0 Å². The molecular formula is C9H7Br2FN4. The van der Waals surface area contributed by atoms with Gasteiger partial charge in [0.25, 0.3) is 0 Å². The van der Waals surface area contributed by atoms with Crippen LogP contribution in [0.5, 0.6) is 0 Å². The normalized spacial score (nSPS) is 10.7. The predicted molar refractivity (Wildman–Crippen MR) is 65.3 cm³/mol. The van der Waals surface area contributed by atoms with E-state index in [9.17, 15) is 4.39 Å². The molecule has 0 saturated heterocycles. The van der Waals surface area contributed by atoms with Crippen molar-refractivity contribution in [3.63, 3.8) is 0 Å². The maximum atomic E-state index is 13.0. The van der Waals surface area contributed by atoms with Gasteiger partial charge in [-0.15, -0.1) is 5.10 Å². The summed E-state index contributed by atoms with van der Waals surface area (Å²) in [5.41, 5.74) is 6.35. The van der Waals surface area contributed by atoms with Crippen molar-refractivity contribution in [3.8, 4) is 0 Å². The zero-order chi connectivity index (χ0) is 11.7. The second-order valence-electron chi connectivity index (χ2n) is 3.15. The van der Waals surface area contributed by atoms with Gasteiger partial charge >= 0.3 is 0 Å². The lowest BCUT2D eigenvalue weighted by Gasteiger charge is -2.03. The van der Waals surface area contributed by atoms with Gasteiger partial charge in [0.15, 0.2) is 4.73 Å². The molecule has 0 atom stereocenters. The van der Waals surface area contributed by atoms with Crippen molar-refractivity contribution >= 4 is 37.8 Å². The minimum atomic E-state index is -0.291. The van der Waals surface area contributed by atoms with Crippen molar-refractivity contribution in [2.75, 3.05) is 5.73 Å². The zero-order valence-electron chi connectivity index (χ0n) is 7.99. The minimum absolute atomic E-state index is 0.202. The maximum absolute atomic E-state index is 13.0. The predicted octanol–water partition coefficient (Wildman–Crippen LogP) is 2.57.